The van der Waals surface area contributed by atoms with Crippen LogP contribution < -0.4 is 37.2 Å². The maximum absolute atomic E-state index is 2.41. The normalized spacial score (nSPS) is 21.4. The topological polar surface area (TPSA) is 0 Å². The molecule has 0 spiro atoms. The van der Waals surface area contributed by atoms with Gasteiger partial charge in [0.2, 0.25) is 0 Å². The Balaban J connectivity index is 0. The van der Waals surface area contributed by atoms with Crippen LogP contribution in [0.2, 0.25) is 0 Å². The summed E-state index contributed by atoms with van der Waals surface area (Å²) in [5.41, 5.74) is 9.83. The summed E-state index contributed by atoms with van der Waals surface area (Å²) >= 11 is 0.102. The van der Waals surface area contributed by atoms with E-state index in [1.165, 1.54) is 11.1 Å². The molecule has 0 saturated heterocycles. The Morgan fingerprint density at radius 3 is 0.917 bits per heavy atom. The second-order valence-corrected chi connectivity index (χ2v) is 9.55. The molecule has 2 aliphatic rings. The van der Waals surface area contributed by atoms with E-state index in [1.54, 1.807) is 30.9 Å². The fraction of sp³-hybridized carbons (Fsp3) is 0.600. The Morgan fingerprint density at radius 1 is 0.500 bits per heavy atom. The van der Waals surface area contributed by atoms with Crippen molar-refractivity contribution >= 4 is 0 Å². The van der Waals surface area contributed by atoms with Crippen LogP contribution in [0.3, 0.4) is 0 Å². The molecule has 0 aliphatic heterocycles. The van der Waals surface area contributed by atoms with Gasteiger partial charge in [-0.05, 0) is 0 Å². The van der Waals surface area contributed by atoms with Crippen molar-refractivity contribution < 1.29 is 53.5 Å². The molecule has 2 aliphatic carbocycles. The molecule has 0 heterocycles. The number of allylic oxidation sites excluding steroid dienone is 8. The van der Waals surface area contributed by atoms with Crippen LogP contribution in [-0.2, 0) is 16.3 Å². The first-order valence-corrected chi connectivity index (χ1v) is 9.34. The maximum Gasteiger partial charge on any atom is -1.00 e. The largest absolute Gasteiger partial charge is 1.00 e. The van der Waals surface area contributed by atoms with Gasteiger partial charge >= 0.3 is 138 Å². The first kappa shape index (κ1) is 26.6. The summed E-state index contributed by atoms with van der Waals surface area (Å²) in [4.78, 5) is 0. The molecule has 136 valence electrons. The Bertz CT molecular complexity index is 588. The Kier molecular flexibility index (Phi) is 9.33. The molecule has 0 saturated carbocycles. The molecule has 24 heavy (non-hydrogen) atoms. The van der Waals surface area contributed by atoms with Crippen LogP contribution in [0.5, 0.6) is 0 Å². The monoisotopic (exact) mass is 426 g/mol. The van der Waals surface area contributed by atoms with Gasteiger partial charge in [-0.15, -0.1) is 0 Å². The van der Waals surface area contributed by atoms with Crippen molar-refractivity contribution in [3.8, 4) is 0 Å². The molecule has 0 nitrogen and oxygen atoms in total. The van der Waals surface area contributed by atoms with Gasteiger partial charge in [0.25, 0.3) is 0 Å². The minimum absolute atomic E-state index is 0. The van der Waals surface area contributed by atoms with Crippen molar-refractivity contribution in [1.82, 2.24) is 0 Å². The van der Waals surface area contributed by atoms with Crippen molar-refractivity contribution in [2.24, 2.45) is 10.8 Å². The van der Waals surface area contributed by atoms with Gasteiger partial charge < -0.3 is 37.2 Å². The van der Waals surface area contributed by atoms with Crippen molar-refractivity contribution in [2.45, 2.75) is 69.2 Å². The van der Waals surface area contributed by atoms with E-state index in [-0.39, 0.29) is 64.3 Å². The summed E-state index contributed by atoms with van der Waals surface area (Å²) in [5, 5.41) is 0. The van der Waals surface area contributed by atoms with E-state index >= 15 is 0 Å². The molecule has 0 N–H and O–H groups in total. The standard InChI is InChI=1S/2C10H15.3ClH.V/c2*1-7-6-10(4,5)9(3)8(7)2;;;;/h2*1-5H3;3*1H;/q;;;;;+3/p-3. The van der Waals surface area contributed by atoms with Crippen LogP contribution in [0.1, 0.15) is 69.2 Å². The molecule has 0 radical (unpaired) electrons. The molecular weight excluding hydrogens is 398 g/mol. The van der Waals surface area contributed by atoms with E-state index in [0.29, 0.717) is 0 Å². The van der Waals surface area contributed by atoms with Gasteiger partial charge in [0.05, 0.1) is 0 Å². The fourth-order valence-electron chi connectivity index (χ4n) is 3.71. The Labute approximate surface area is 175 Å². The van der Waals surface area contributed by atoms with Crippen molar-refractivity contribution in [3.63, 3.8) is 0 Å². The summed E-state index contributed by atoms with van der Waals surface area (Å²) in [7, 11) is 0. The predicted octanol–water partition coefficient (Wildman–Crippen LogP) is -2.62. The van der Waals surface area contributed by atoms with Crippen LogP contribution in [0, 0.1) is 10.8 Å². The zero-order valence-corrected chi connectivity index (χ0v) is 20.2. The van der Waals surface area contributed by atoms with E-state index in [2.05, 4.69) is 69.2 Å². The molecular formula is C20H30Cl3V. The molecule has 0 aromatic heterocycles. The summed E-state index contributed by atoms with van der Waals surface area (Å²) in [6.07, 6.45) is 0. The smallest absolute Gasteiger partial charge is 1.00 e. The van der Waals surface area contributed by atoms with Crippen LogP contribution >= 0.6 is 0 Å². The van der Waals surface area contributed by atoms with E-state index in [9.17, 15) is 0 Å². The third-order valence-corrected chi connectivity index (χ3v) is 9.73. The van der Waals surface area contributed by atoms with Gasteiger partial charge in [-0.1, -0.05) is 0 Å². The molecule has 0 atom stereocenters. The molecule has 4 heteroatoms. The minimum Gasteiger partial charge on any atom is -1.00 e. The van der Waals surface area contributed by atoms with Gasteiger partial charge in [0, 0.05) is 0 Å². The number of hydrogen-bond acceptors (Lipinski definition) is 0. The predicted molar refractivity (Wildman–Crippen MR) is 89.7 cm³/mol. The molecule has 0 bridgehead atoms. The zero-order valence-electron chi connectivity index (χ0n) is 16.6. The summed E-state index contributed by atoms with van der Waals surface area (Å²) in [5.74, 6) is 0. The van der Waals surface area contributed by atoms with E-state index in [0.717, 1.165) is 0 Å². The van der Waals surface area contributed by atoms with Gasteiger partial charge in [-0.3, -0.25) is 0 Å². The SMILES string of the molecule is CC1=C(C)C(C)(C)[C]([V+3][C]2=C(C)C(C)=C(C)C2(C)C)=C1C.[Cl-].[Cl-].[Cl-]. The van der Waals surface area contributed by atoms with Crippen molar-refractivity contribution in [2.75, 3.05) is 0 Å². The van der Waals surface area contributed by atoms with E-state index < -0.39 is 0 Å². The second-order valence-electron chi connectivity index (χ2n) is 7.81. The van der Waals surface area contributed by atoms with Crippen molar-refractivity contribution in [1.29, 1.82) is 0 Å². The van der Waals surface area contributed by atoms with Crippen LogP contribution in [0.15, 0.2) is 42.0 Å². The summed E-state index contributed by atoms with van der Waals surface area (Å²) < 4.78 is 3.44. The first-order valence-electron chi connectivity index (χ1n) is 7.95. The number of hydrogen-bond donors (Lipinski definition) is 0. The number of halogens is 3. The zero-order chi connectivity index (χ0) is 16.3. The molecule has 0 aromatic carbocycles. The van der Waals surface area contributed by atoms with Crippen LogP contribution in [-0.4, -0.2) is 0 Å². The third-order valence-electron chi connectivity index (χ3n) is 6.24. The average Bonchev–Trinajstić information content (AvgIpc) is 2.63. The Hall–Kier alpha value is 0.414. The fourth-order valence-corrected chi connectivity index (χ4v) is 6.50. The van der Waals surface area contributed by atoms with E-state index in [1.807, 2.05) is 0 Å². The Morgan fingerprint density at radius 2 is 0.750 bits per heavy atom. The summed E-state index contributed by atoms with van der Waals surface area (Å²) in [6.45, 7) is 23.6. The average molecular weight is 428 g/mol. The molecule has 0 aromatic rings. The third kappa shape index (κ3) is 3.74. The molecule has 0 fully saturated rings. The van der Waals surface area contributed by atoms with Crippen LogP contribution in [0.4, 0.5) is 0 Å². The second kappa shape index (κ2) is 8.40. The maximum atomic E-state index is 2.41. The van der Waals surface area contributed by atoms with Gasteiger partial charge in [0.1, 0.15) is 0 Å². The number of rotatable bonds is 2. The van der Waals surface area contributed by atoms with Crippen molar-refractivity contribution in [3.05, 3.63) is 42.0 Å². The quantitative estimate of drug-likeness (QED) is 0.453. The molecule has 2 rings (SSSR count). The minimum atomic E-state index is 0. The molecule has 0 unspecified atom stereocenters. The van der Waals surface area contributed by atoms with Gasteiger partial charge in [0.15, 0.2) is 0 Å². The van der Waals surface area contributed by atoms with Gasteiger partial charge in [-0.25, -0.2) is 0 Å². The first-order chi connectivity index (χ1) is 9.44. The molecule has 0 amide bonds. The summed E-state index contributed by atoms with van der Waals surface area (Å²) in [6, 6.07) is 0. The van der Waals surface area contributed by atoms with E-state index in [4.69, 9.17) is 0 Å². The van der Waals surface area contributed by atoms with Gasteiger partial charge in [-0.2, -0.15) is 0 Å². The van der Waals surface area contributed by atoms with Crippen LogP contribution in [0.25, 0.3) is 0 Å².